The minimum atomic E-state index is -0.597. The largest absolute Gasteiger partial charge is 0.392 e. The van der Waals surface area contributed by atoms with Crippen LogP contribution in [0, 0.1) is 0 Å². The van der Waals surface area contributed by atoms with Gasteiger partial charge in [0.05, 0.1) is 24.4 Å². The lowest BCUT2D eigenvalue weighted by molar-refractivity contribution is -0.135. The number of aliphatic hydroxyl groups excluding tert-OH is 4. The molecule has 0 saturated carbocycles. The molecule has 0 spiro atoms. The van der Waals surface area contributed by atoms with Crippen molar-refractivity contribution in [3.05, 3.63) is 0 Å². The third kappa shape index (κ3) is 48.5. The van der Waals surface area contributed by atoms with Crippen molar-refractivity contribution < 1.29 is 30.0 Å². The maximum atomic E-state index is 13.8. The zero-order valence-corrected chi connectivity index (χ0v) is 51.5. The molecule has 0 aliphatic heterocycles. The van der Waals surface area contributed by atoms with E-state index in [1.54, 1.807) is 15.7 Å². The number of hydrogen-bond donors (Lipinski definition) is 5. The zero-order chi connectivity index (χ0) is 54.7. The Labute approximate surface area is 466 Å². The summed E-state index contributed by atoms with van der Waals surface area (Å²) in [5, 5.41) is 47.4. The first-order chi connectivity index (χ1) is 35.9. The average molecular weight is 1090 g/mol. The monoisotopic (exact) mass is 1090 g/mol. The Kier molecular flexibility index (Phi) is 53.9. The lowest BCUT2D eigenvalue weighted by atomic mass is 10.0. The zero-order valence-electron chi connectivity index (χ0n) is 49.8. The fraction of sp³-hybridized carbons (Fsp3) is 0.967. The summed E-state index contributed by atoms with van der Waals surface area (Å²) < 4.78 is 0. The molecule has 0 aromatic heterocycles. The van der Waals surface area contributed by atoms with Gasteiger partial charge in [0.25, 0.3) is 0 Å². The molecular formula is C61H125N5O6S2. The van der Waals surface area contributed by atoms with Crippen LogP contribution in [0.4, 0.5) is 0 Å². The van der Waals surface area contributed by atoms with Crippen molar-refractivity contribution >= 4 is 33.4 Å². The number of amides is 2. The summed E-state index contributed by atoms with van der Waals surface area (Å²) in [5.74, 6) is 1.54. The van der Waals surface area contributed by atoms with Crippen LogP contribution in [0.15, 0.2) is 0 Å². The quantitative estimate of drug-likeness (QED) is 0.0294. The minimum absolute atomic E-state index is 0.0574. The van der Waals surface area contributed by atoms with Gasteiger partial charge in [0.15, 0.2) is 0 Å². The topological polar surface area (TPSA) is 140 Å². The summed E-state index contributed by atoms with van der Waals surface area (Å²) in [6.45, 7) is 14.0. The normalized spacial score (nSPS) is 14.0. The van der Waals surface area contributed by atoms with E-state index in [-0.39, 0.29) is 30.4 Å². The van der Waals surface area contributed by atoms with Gasteiger partial charge in [-0.3, -0.25) is 19.4 Å². The van der Waals surface area contributed by atoms with E-state index in [1.165, 1.54) is 141 Å². The van der Waals surface area contributed by atoms with Crippen molar-refractivity contribution in [2.24, 2.45) is 0 Å². The van der Waals surface area contributed by atoms with Crippen molar-refractivity contribution in [3.63, 3.8) is 0 Å². The molecule has 0 bridgehead atoms. The second-order valence-corrected chi connectivity index (χ2v) is 25.4. The van der Waals surface area contributed by atoms with Gasteiger partial charge in [-0.25, -0.2) is 0 Å². The summed E-state index contributed by atoms with van der Waals surface area (Å²) >= 11 is 0. The first-order valence-corrected chi connectivity index (χ1v) is 34.0. The van der Waals surface area contributed by atoms with E-state index in [2.05, 4.69) is 47.7 Å². The number of rotatable bonds is 58. The number of nitrogens with zero attached hydrogens (tertiary/aromatic N) is 4. The highest BCUT2D eigenvalue weighted by Crippen LogP contribution is 2.25. The molecule has 442 valence electrons. The molecule has 5 N–H and O–H groups in total. The molecule has 0 saturated heterocycles. The molecule has 0 heterocycles. The number of aliphatic hydroxyl groups is 4. The fourth-order valence-corrected chi connectivity index (χ4v) is 12.2. The SMILES string of the molecule is CCCCCCCCCCC(O)CN(CCCC(=O)NC(CCSSCCCCN(CC(O)CCCCCCCC)CC(O)CCCCCCCC)C(=O)N(C)CCN(C)C)CC(O)CCCCCCCCCC. The lowest BCUT2D eigenvalue weighted by Gasteiger charge is -2.28. The summed E-state index contributed by atoms with van der Waals surface area (Å²) in [4.78, 5) is 35.7. The van der Waals surface area contributed by atoms with E-state index in [4.69, 9.17) is 0 Å². The van der Waals surface area contributed by atoms with Gasteiger partial charge in [0.1, 0.15) is 6.04 Å². The van der Waals surface area contributed by atoms with Crippen LogP contribution in [0.25, 0.3) is 0 Å². The summed E-state index contributed by atoms with van der Waals surface area (Å²) in [7, 11) is 9.41. The number of nitrogens with one attached hydrogen (secondary N) is 1. The first kappa shape index (κ1) is 73.4. The Balaban J connectivity index is 5.31. The average Bonchev–Trinajstić information content (AvgIpc) is 3.36. The minimum Gasteiger partial charge on any atom is -0.392 e. The molecule has 0 aliphatic carbocycles. The van der Waals surface area contributed by atoms with Crippen LogP contribution in [-0.4, -0.2) is 167 Å². The van der Waals surface area contributed by atoms with Gasteiger partial charge in [-0.05, 0) is 78.6 Å². The fourth-order valence-electron chi connectivity index (χ4n) is 9.91. The molecule has 0 aliphatic rings. The maximum Gasteiger partial charge on any atom is 0.244 e. The van der Waals surface area contributed by atoms with Crippen LogP contribution >= 0.6 is 21.6 Å². The van der Waals surface area contributed by atoms with E-state index in [0.717, 1.165) is 102 Å². The second-order valence-electron chi connectivity index (χ2n) is 22.7. The van der Waals surface area contributed by atoms with Gasteiger partial charge in [-0.15, -0.1) is 0 Å². The van der Waals surface area contributed by atoms with Crippen LogP contribution in [0.1, 0.15) is 265 Å². The van der Waals surface area contributed by atoms with E-state index < -0.39 is 18.2 Å². The summed E-state index contributed by atoms with van der Waals surface area (Å²) in [6.07, 6.45) is 39.3. The molecule has 5 unspecified atom stereocenters. The maximum absolute atomic E-state index is 13.8. The molecular weight excluding hydrogens is 963 g/mol. The predicted octanol–water partition coefficient (Wildman–Crippen LogP) is 13.4. The molecule has 5 atom stereocenters. The summed E-state index contributed by atoms with van der Waals surface area (Å²) in [5.41, 5.74) is 0. The van der Waals surface area contributed by atoms with Crippen molar-refractivity contribution in [1.29, 1.82) is 0 Å². The molecule has 13 heteroatoms. The predicted molar refractivity (Wildman–Crippen MR) is 323 cm³/mol. The number of carbonyl (C=O) groups excluding carboxylic acids is 2. The third-order valence-electron chi connectivity index (χ3n) is 14.7. The van der Waals surface area contributed by atoms with Gasteiger partial charge in [0.2, 0.25) is 11.8 Å². The van der Waals surface area contributed by atoms with Gasteiger partial charge in [0, 0.05) is 64.2 Å². The number of unbranched alkanes of at least 4 members (excludes halogenated alkanes) is 25. The van der Waals surface area contributed by atoms with Crippen LogP contribution < -0.4 is 5.32 Å². The Hall–Kier alpha value is -0.640. The molecule has 74 heavy (non-hydrogen) atoms. The first-order valence-electron chi connectivity index (χ1n) is 31.5. The number of likely N-dealkylation sites (N-methyl/N-ethyl adjacent to an activating group) is 2. The van der Waals surface area contributed by atoms with Gasteiger partial charge >= 0.3 is 0 Å². The smallest absolute Gasteiger partial charge is 0.244 e. The van der Waals surface area contributed by atoms with E-state index in [0.29, 0.717) is 52.1 Å². The Morgan fingerprint density at radius 3 is 1.09 bits per heavy atom. The van der Waals surface area contributed by atoms with Crippen LogP contribution in [0.5, 0.6) is 0 Å². The molecule has 0 radical (unpaired) electrons. The van der Waals surface area contributed by atoms with E-state index in [9.17, 15) is 30.0 Å². The number of hydrogen-bond acceptors (Lipinski definition) is 11. The second kappa shape index (κ2) is 54.3. The Morgan fingerprint density at radius 1 is 0.392 bits per heavy atom. The number of carbonyl (C=O) groups is 2. The standard InChI is InChI=1S/C61H125N5O6S2/c1-8-12-16-20-24-26-30-34-41-57(69)53-66(54-58(70)42-35-31-27-25-21-17-13-9-2)46-38-43-60(71)62-59(61(72)64(7)48-47-63(5)6)44-50-74-73-49-37-36-45-65(51-55(67)39-32-28-22-18-14-10-3)52-56(68)40-33-29-23-19-15-11-4/h55-59,67-70H,8-54H2,1-7H3,(H,62,71). The Morgan fingerprint density at radius 2 is 0.730 bits per heavy atom. The molecule has 11 nitrogen and oxygen atoms in total. The third-order valence-corrected chi connectivity index (χ3v) is 17.3. The highest BCUT2D eigenvalue weighted by molar-refractivity contribution is 8.76. The van der Waals surface area contributed by atoms with Gasteiger partial charge < -0.3 is 35.5 Å². The highest BCUT2D eigenvalue weighted by atomic mass is 33.1. The van der Waals surface area contributed by atoms with Crippen molar-refractivity contribution in [2.75, 3.05) is 85.0 Å². The van der Waals surface area contributed by atoms with Crippen LogP contribution in [0.2, 0.25) is 0 Å². The van der Waals surface area contributed by atoms with Crippen molar-refractivity contribution in [1.82, 2.24) is 24.9 Å². The van der Waals surface area contributed by atoms with Crippen molar-refractivity contribution in [2.45, 2.75) is 296 Å². The van der Waals surface area contributed by atoms with E-state index in [1.807, 2.05) is 31.9 Å². The Bertz CT molecular complexity index is 1160. The molecule has 0 aromatic carbocycles. The van der Waals surface area contributed by atoms with Gasteiger partial charge in [-0.1, -0.05) is 229 Å². The molecule has 0 fully saturated rings. The highest BCUT2D eigenvalue weighted by Gasteiger charge is 2.25. The van der Waals surface area contributed by atoms with E-state index >= 15 is 0 Å². The van der Waals surface area contributed by atoms with Crippen LogP contribution in [0.3, 0.4) is 0 Å². The summed E-state index contributed by atoms with van der Waals surface area (Å²) in [6, 6.07) is -0.597. The molecule has 2 amide bonds. The van der Waals surface area contributed by atoms with Gasteiger partial charge in [-0.2, -0.15) is 0 Å². The van der Waals surface area contributed by atoms with Crippen molar-refractivity contribution in [3.8, 4) is 0 Å². The molecule has 0 rings (SSSR count). The lowest BCUT2D eigenvalue weighted by Crippen LogP contribution is -2.49. The van der Waals surface area contributed by atoms with Crippen LogP contribution in [-0.2, 0) is 9.59 Å². The molecule has 0 aromatic rings.